The zero-order valence-electron chi connectivity index (χ0n) is 23.3. The number of nitrogens with two attached hydrogens (primary N) is 1. The van der Waals surface area contributed by atoms with E-state index < -0.39 is 18.1 Å². The smallest absolute Gasteiger partial charge is 0.346 e. The molecule has 0 aliphatic heterocycles. The summed E-state index contributed by atoms with van der Waals surface area (Å²) in [5, 5.41) is 15.0. The highest BCUT2D eigenvalue weighted by Crippen LogP contribution is 2.28. The molecule has 6 nitrogen and oxygen atoms in total. The quantitative estimate of drug-likeness (QED) is 0.207. The average Bonchev–Trinajstić information content (AvgIpc) is 2.95. The second-order valence-electron chi connectivity index (χ2n) is 10.2. The third-order valence-corrected chi connectivity index (χ3v) is 7.22. The molecule has 4 N–H and O–H groups in total. The minimum atomic E-state index is -0.915. The highest BCUT2D eigenvalue weighted by atomic mass is 19.1. The average molecular weight is 545 g/mol. The molecule has 0 aliphatic rings. The van der Waals surface area contributed by atoms with Gasteiger partial charge in [0.2, 0.25) is 5.91 Å². The Morgan fingerprint density at radius 3 is 2.23 bits per heavy atom. The van der Waals surface area contributed by atoms with Gasteiger partial charge in [0.25, 0.3) is 0 Å². The molecule has 0 unspecified atom stereocenters. The first-order valence-electron chi connectivity index (χ1n) is 13.7. The molecule has 0 radical (unpaired) electrons. The number of hydrogen-bond donors (Lipinski definition) is 3. The topological polar surface area (TPSA) is 92.4 Å². The van der Waals surface area contributed by atoms with E-state index in [1.54, 1.807) is 12.1 Å². The number of aliphatic hydroxyl groups excluding tert-OH is 1. The summed E-state index contributed by atoms with van der Waals surface area (Å²) in [5.41, 5.74) is 8.17. The molecule has 2 amide bonds. The maximum Gasteiger partial charge on any atom is 0.346 e. The Bertz CT molecular complexity index is 1330. The van der Waals surface area contributed by atoms with Crippen molar-refractivity contribution in [1.82, 2.24) is 5.32 Å². The molecule has 0 heterocycles. The number of aliphatic hydroxyl groups is 1. The van der Waals surface area contributed by atoms with Gasteiger partial charge in [-0.25, -0.2) is 9.18 Å². The largest absolute Gasteiger partial charge is 0.386 e. The van der Waals surface area contributed by atoms with Crippen LogP contribution in [0.2, 0.25) is 0 Å². The van der Waals surface area contributed by atoms with Gasteiger partial charge in [-0.3, -0.25) is 9.28 Å². The Kier molecular flexibility index (Phi) is 11.2. The first kappa shape index (κ1) is 30.7. The van der Waals surface area contributed by atoms with Crippen LogP contribution >= 0.6 is 0 Å². The summed E-state index contributed by atoms with van der Waals surface area (Å²) in [7, 11) is 0. The summed E-state index contributed by atoms with van der Waals surface area (Å²) in [5.74, 6) is 1.32. The number of quaternary nitrogens is 1. The van der Waals surface area contributed by atoms with Crippen LogP contribution < -0.4 is 11.1 Å². The Morgan fingerprint density at radius 1 is 0.975 bits per heavy atom. The Morgan fingerprint density at radius 2 is 1.62 bits per heavy atom. The third kappa shape index (κ3) is 7.64. The number of benzene rings is 3. The number of carbonyl (C=O) groups excluding carboxylic acids is 2. The normalized spacial score (nSPS) is 12.9. The predicted molar refractivity (Wildman–Crippen MR) is 156 cm³/mol. The second-order valence-corrected chi connectivity index (χ2v) is 10.2. The van der Waals surface area contributed by atoms with Crippen molar-refractivity contribution >= 4 is 11.8 Å². The van der Waals surface area contributed by atoms with Crippen LogP contribution in [0.15, 0.2) is 72.8 Å². The summed E-state index contributed by atoms with van der Waals surface area (Å²) < 4.78 is 13.7. The van der Waals surface area contributed by atoms with Crippen molar-refractivity contribution in [3.63, 3.8) is 0 Å². The molecule has 0 saturated heterocycles. The number of primary amides is 1. The molecule has 0 aromatic heterocycles. The summed E-state index contributed by atoms with van der Waals surface area (Å²) >= 11 is 0. The summed E-state index contributed by atoms with van der Waals surface area (Å²) in [4.78, 5) is 26.6. The molecule has 3 aromatic carbocycles. The molecule has 3 aromatic rings. The fraction of sp³-hybridized carbons (Fsp3) is 0.333. The van der Waals surface area contributed by atoms with Crippen LogP contribution in [-0.4, -0.2) is 53.2 Å². The molecule has 40 heavy (non-hydrogen) atoms. The molecule has 0 fully saturated rings. The Hall–Kier alpha value is -3.83. The number of nitrogens with zero attached hydrogens (tertiary/aromatic N) is 1. The summed E-state index contributed by atoms with van der Waals surface area (Å²) in [6, 6.07) is 20.2. The molecule has 0 saturated carbocycles. The molecular formula is C33H39FN3O3+. The van der Waals surface area contributed by atoms with E-state index in [0.29, 0.717) is 50.0 Å². The predicted octanol–water partition coefficient (Wildman–Crippen LogP) is 4.44. The van der Waals surface area contributed by atoms with Crippen molar-refractivity contribution < 1.29 is 23.6 Å². The van der Waals surface area contributed by atoms with Crippen molar-refractivity contribution in [1.29, 1.82) is 0 Å². The van der Waals surface area contributed by atoms with Crippen molar-refractivity contribution in [3.8, 4) is 12.3 Å². The van der Waals surface area contributed by atoms with Gasteiger partial charge in [0.1, 0.15) is 18.0 Å². The van der Waals surface area contributed by atoms with Gasteiger partial charge in [-0.2, -0.15) is 0 Å². The van der Waals surface area contributed by atoms with Crippen molar-refractivity contribution in [3.05, 3.63) is 106 Å². The van der Waals surface area contributed by atoms with Gasteiger partial charge in [-0.15, -0.1) is 6.42 Å². The molecule has 0 bridgehead atoms. The Labute approximate surface area is 236 Å². The lowest BCUT2D eigenvalue weighted by atomic mass is 9.93. The van der Waals surface area contributed by atoms with E-state index in [2.05, 4.69) is 11.2 Å². The fourth-order valence-corrected chi connectivity index (χ4v) is 5.47. The van der Waals surface area contributed by atoms with Crippen LogP contribution in [0.25, 0.3) is 0 Å². The van der Waals surface area contributed by atoms with E-state index in [0.717, 1.165) is 11.1 Å². The maximum atomic E-state index is 14.5. The van der Waals surface area contributed by atoms with E-state index in [9.17, 15) is 19.1 Å². The van der Waals surface area contributed by atoms with Gasteiger partial charge in [-0.05, 0) is 54.3 Å². The van der Waals surface area contributed by atoms with Crippen LogP contribution in [0.4, 0.5) is 4.39 Å². The molecule has 3 rings (SSSR count). The summed E-state index contributed by atoms with van der Waals surface area (Å²) in [6.07, 6.45) is 6.57. The van der Waals surface area contributed by atoms with Crippen LogP contribution in [0.5, 0.6) is 0 Å². The standard InChI is InChI=1S/C33H38FN3O3/c1-4-15-37(16-5-2,33(40)28-18-24(6-3)17-27(21-28)32(35)39)30(20-25-11-8-7-9-12-25)31(38)23-36-22-26-13-10-14-29(34)19-26/h3,7-14,17-19,21,30-31,36,38H,4-5,15-16,20,22-23H2,1-2H3,(H-,35,39)/p+1/t30-,31+/m0/s1. The highest BCUT2D eigenvalue weighted by Gasteiger charge is 2.47. The molecule has 2 atom stereocenters. The van der Waals surface area contributed by atoms with E-state index in [-0.39, 0.29) is 28.3 Å². The lowest BCUT2D eigenvalue weighted by Crippen LogP contribution is -2.65. The molecule has 0 aliphatic carbocycles. The van der Waals surface area contributed by atoms with Crippen molar-refractivity contribution in [2.75, 3.05) is 19.6 Å². The van der Waals surface area contributed by atoms with Crippen LogP contribution in [0, 0.1) is 18.2 Å². The van der Waals surface area contributed by atoms with E-state index in [4.69, 9.17) is 12.2 Å². The molecule has 210 valence electrons. The highest BCUT2D eigenvalue weighted by molar-refractivity contribution is 5.97. The van der Waals surface area contributed by atoms with E-state index in [1.807, 2.05) is 50.2 Å². The lowest BCUT2D eigenvalue weighted by Gasteiger charge is -2.44. The van der Waals surface area contributed by atoms with Gasteiger partial charge in [0.15, 0.2) is 0 Å². The van der Waals surface area contributed by atoms with Crippen molar-refractivity contribution in [2.45, 2.75) is 51.8 Å². The third-order valence-electron chi connectivity index (χ3n) is 7.22. The van der Waals surface area contributed by atoms with Gasteiger partial charge in [0.05, 0.1) is 18.7 Å². The number of halogens is 1. The number of terminal acetylenes is 1. The minimum absolute atomic E-state index is 0.0169. The van der Waals surface area contributed by atoms with Crippen LogP contribution in [0.3, 0.4) is 0 Å². The molecular weight excluding hydrogens is 505 g/mol. The summed E-state index contributed by atoms with van der Waals surface area (Å²) in [6.45, 7) is 5.56. The number of amides is 2. The monoisotopic (exact) mass is 544 g/mol. The van der Waals surface area contributed by atoms with Crippen LogP contribution in [0.1, 0.15) is 64.1 Å². The Balaban J connectivity index is 2.05. The van der Waals surface area contributed by atoms with E-state index in [1.165, 1.54) is 24.3 Å². The maximum absolute atomic E-state index is 14.5. The first-order valence-corrected chi connectivity index (χ1v) is 13.7. The number of carbonyl (C=O) groups is 2. The molecule has 0 spiro atoms. The number of rotatable bonds is 14. The zero-order chi connectivity index (χ0) is 29.1. The zero-order valence-corrected chi connectivity index (χ0v) is 23.3. The van der Waals surface area contributed by atoms with Gasteiger partial charge < -0.3 is 16.2 Å². The number of nitrogens with one attached hydrogen (secondary N) is 1. The van der Waals surface area contributed by atoms with E-state index >= 15 is 0 Å². The van der Waals surface area contributed by atoms with Crippen LogP contribution in [-0.2, 0) is 13.0 Å². The fourth-order valence-electron chi connectivity index (χ4n) is 5.47. The lowest BCUT2D eigenvalue weighted by molar-refractivity contribution is -0.878. The molecule has 7 heteroatoms. The van der Waals surface area contributed by atoms with Gasteiger partial charge in [-0.1, -0.05) is 62.2 Å². The first-order chi connectivity index (χ1) is 19.2. The number of hydrogen-bond acceptors (Lipinski definition) is 4. The minimum Gasteiger partial charge on any atom is -0.386 e. The second kappa shape index (κ2) is 14.5. The van der Waals surface area contributed by atoms with Gasteiger partial charge in [0, 0.05) is 30.6 Å². The van der Waals surface area contributed by atoms with Gasteiger partial charge >= 0.3 is 5.91 Å². The SMILES string of the molecule is C#Cc1cc(C(N)=O)cc(C(=O)[N+](CCC)(CCC)[C@@H](Cc2ccccc2)[C@H](O)CNCc2cccc(F)c2)c1. The van der Waals surface area contributed by atoms with Crippen molar-refractivity contribution in [2.24, 2.45) is 5.73 Å².